The molecule has 4 nitrogen and oxygen atoms in total. The number of ketones is 2. The standard InChI is InChI=1S/C28H28N2O2/c1-5-10-26(29(3)4)28(32)21-14-16-25-23(18-21)22-17-20(13-15-24(22)30(25)6-2)27(31)19-11-8-7-9-12-19/h5,7-9,11-18,26H,1,6,10H2,2-4H3. The van der Waals surface area contributed by atoms with Crippen LogP contribution in [-0.2, 0) is 6.54 Å². The number of benzene rings is 3. The number of carbonyl (C=O) groups excluding carboxylic acids is 2. The highest BCUT2D eigenvalue weighted by Crippen LogP contribution is 2.32. The first kappa shape index (κ1) is 21.7. The third-order valence-corrected chi connectivity index (χ3v) is 6.08. The van der Waals surface area contributed by atoms with E-state index in [1.807, 2.05) is 85.7 Å². The van der Waals surface area contributed by atoms with E-state index in [1.165, 1.54) is 0 Å². The van der Waals surface area contributed by atoms with Crippen LogP contribution in [0.4, 0.5) is 0 Å². The van der Waals surface area contributed by atoms with Gasteiger partial charge in [0.05, 0.1) is 6.04 Å². The molecule has 3 aromatic carbocycles. The van der Waals surface area contributed by atoms with Crippen molar-refractivity contribution in [2.24, 2.45) is 0 Å². The Kier molecular flexibility index (Phi) is 6.06. The molecular weight excluding hydrogens is 396 g/mol. The topological polar surface area (TPSA) is 42.3 Å². The van der Waals surface area contributed by atoms with Crippen LogP contribution in [0.5, 0.6) is 0 Å². The third-order valence-electron chi connectivity index (χ3n) is 6.08. The molecule has 1 unspecified atom stereocenters. The van der Waals surface area contributed by atoms with Crippen molar-refractivity contribution in [3.63, 3.8) is 0 Å². The largest absolute Gasteiger partial charge is 0.341 e. The van der Waals surface area contributed by atoms with Crippen LogP contribution in [-0.4, -0.2) is 41.2 Å². The average Bonchev–Trinajstić information content (AvgIpc) is 3.14. The molecule has 1 heterocycles. The molecule has 162 valence electrons. The lowest BCUT2D eigenvalue weighted by Gasteiger charge is -2.21. The van der Waals surface area contributed by atoms with E-state index >= 15 is 0 Å². The zero-order chi connectivity index (χ0) is 22.8. The summed E-state index contributed by atoms with van der Waals surface area (Å²) in [5.74, 6) is 0.0708. The van der Waals surface area contributed by atoms with Gasteiger partial charge in [-0.15, -0.1) is 6.58 Å². The minimum atomic E-state index is -0.250. The summed E-state index contributed by atoms with van der Waals surface area (Å²) < 4.78 is 2.23. The van der Waals surface area contributed by atoms with Gasteiger partial charge in [0.1, 0.15) is 0 Å². The van der Waals surface area contributed by atoms with Crippen LogP contribution in [0.3, 0.4) is 0 Å². The molecule has 0 saturated carbocycles. The lowest BCUT2D eigenvalue weighted by atomic mass is 9.98. The van der Waals surface area contributed by atoms with E-state index in [9.17, 15) is 9.59 Å². The van der Waals surface area contributed by atoms with Gasteiger partial charge in [-0.3, -0.25) is 14.5 Å². The third kappa shape index (κ3) is 3.78. The van der Waals surface area contributed by atoms with E-state index in [4.69, 9.17) is 0 Å². The maximum atomic E-state index is 13.2. The zero-order valence-corrected chi connectivity index (χ0v) is 18.8. The molecule has 0 amide bonds. The monoisotopic (exact) mass is 424 g/mol. The zero-order valence-electron chi connectivity index (χ0n) is 18.8. The summed E-state index contributed by atoms with van der Waals surface area (Å²) in [6.07, 6.45) is 2.38. The smallest absolute Gasteiger partial charge is 0.193 e. The number of nitrogens with zero attached hydrogens (tertiary/aromatic N) is 2. The molecule has 0 aliphatic rings. The van der Waals surface area contributed by atoms with Crippen LogP contribution in [0.15, 0.2) is 79.4 Å². The Labute approximate surface area is 188 Å². The Balaban J connectivity index is 1.87. The maximum absolute atomic E-state index is 13.2. The van der Waals surface area contributed by atoms with E-state index in [2.05, 4.69) is 18.1 Å². The highest BCUT2D eigenvalue weighted by molar-refractivity contribution is 6.16. The molecule has 0 spiro atoms. The Morgan fingerprint density at radius 1 is 0.906 bits per heavy atom. The van der Waals surface area contributed by atoms with Gasteiger partial charge in [0.15, 0.2) is 11.6 Å². The van der Waals surface area contributed by atoms with Crippen molar-refractivity contribution in [3.8, 4) is 0 Å². The van der Waals surface area contributed by atoms with E-state index in [0.29, 0.717) is 23.1 Å². The first-order valence-electron chi connectivity index (χ1n) is 10.9. The van der Waals surface area contributed by atoms with Crippen LogP contribution in [0.1, 0.15) is 39.6 Å². The SMILES string of the molecule is C=CCC(C(=O)c1ccc2c(c1)c1cc(C(=O)c3ccccc3)ccc1n2CC)N(C)C. The van der Waals surface area contributed by atoms with Crippen molar-refractivity contribution < 1.29 is 9.59 Å². The molecule has 0 saturated heterocycles. The molecule has 1 atom stereocenters. The van der Waals surface area contributed by atoms with Crippen molar-refractivity contribution in [1.82, 2.24) is 9.47 Å². The highest BCUT2D eigenvalue weighted by atomic mass is 16.1. The molecule has 0 aliphatic carbocycles. The first-order valence-corrected chi connectivity index (χ1v) is 10.9. The van der Waals surface area contributed by atoms with Gasteiger partial charge in [-0.25, -0.2) is 0 Å². The van der Waals surface area contributed by atoms with Crippen molar-refractivity contribution in [3.05, 3.63) is 96.1 Å². The van der Waals surface area contributed by atoms with Crippen molar-refractivity contribution >= 4 is 33.4 Å². The molecule has 0 radical (unpaired) electrons. The summed E-state index contributed by atoms with van der Waals surface area (Å²) in [5.41, 5.74) is 4.11. The molecule has 0 fully saturated rings. The molecule has 4 aromatic rings. The number of hydrogen-bond donors (Lipinski definition) is 0. The number of likely N-dealkylation sites (N-methyl/N-ethyl adjacent to an activating group) is 1. The molecular formula is C28H28N2O2. The maximum Gasteiger partial charge on any atom is 0.193 e. The number of hydrogen-bond acceptors (Lipinski definition) is 3. The second kappa shape index (κ2) is 8.93. The molecule has 1 aromatic heterocycles. The summed E-state index contributed by atoms with van der Waals surface area (Å²) in [6.45, 7) is 6.71. The van der Waals surface area contributed by atoms with E-state index in [1.54, 1.807) is 6.08 Å². The predicted octanol–water partition coefficient (Wildman–Crippen LogP) is 5.73. The Bertz CT molecular complexity index is 1320. The summed E-state index contributed by atoms with van der Waals surface area (Å²) in [4.78, 5) is 28.2. The summed E-state index contributed by atoms with van der Waals surface area (Å²) in [6, 6.07) is 20.8. The highest BCUT2D eigenvalue weighted by Gasteiger charge is 2.22. The van der Waals surface area contributed by atoms with Gasteiger partial charge >= 0.3 is 0 Å². The van der Waals surface area contributed by atoms with Crippen molar-refractivity contribution in [2.45, 2.75) is 25.9 Å². The number of Topliss-reactive ketones (excluding diaryl/α,β-unsaturated/α-hetero) is 1. The van der Waals surface area contributed by atoms with Crippen LogP contribution >= 0.6 is 0 Å². The minimum Gasteiger partial charge on any atom is -0.341 e. The minimum absolute atomic E-state index is 0.00390. The van der Waals surface area contributed by atoms with Crippen LogP contribution < -0.4 is 0 Å². The average molecular weight is 425 g/mol. The summed E-state index contributed by atoms with van der Waals surface area (Å²) in [7, 11) is 3.82. The molecule has 4 heteroatoms. The van der Waals surface area contributed by atoms with Crippen LogP contribution in [0, 0.1) is 0 Å². The fourth-order valence-electron chi connectivity index (χ4n) is 4.40. The molecule has 0 bridgehead atoms. The van der Waals surface area contributed by atoms with E-state index in [0.717, 1.165) is 28.4 Å². The van der Waals surface area contributed by atoms with Crippen LogP contribution in [0.2, 0.25) is 0 Å². The number of aromatic nitrogens is 1. The van der Waals surface area contributed by atoms with E-state index in [-0.39, 0.29) is 17.6 Å². The van der Waals surface area contributed by atoms with Gasteiger partial charge in [-0.2, -0.15) is 0 Å². The quantitative estimate of drug-likeness (QED) is 0.268. The number of fused-ring (bicyclic) bond motifs is 3. The number of aryl methyl sites for hydroxylation is 1. The number of carbonyl (C=O) groups is 2. The first-order chi connectivity index (χ1) is 15.5. The second-order valence-corrected chi connectivity index (χ2v) is 8.27. The second-order valence-electron chi connectivity index (χ2n) is 8.27. The van der Waals surface area contributed by atoms with Crippen molar-refractivity contribution in [1.29, 1.82) is 0 Å². The number of rotatable bonds is 8. The van der Waals surface area contributed by atoms with Crippen molar-refractivity contribution in [2.75, 3.05) is 14.1 Å². The lowest BCUT2D eigenvalue weighted by Crippen LogP contribution is -2.35. The normalized spacial score (nSPS) is 12.4. The molecule has 4 rings (SSSR count). The Morgan fingerprint density at radius 3 is 2.06 bits per heavy atom. The summed E-state index contributed by atoms with van der Waals surface area (Å²) in [5, 5.41) is 1.98. The van der Waals surface area contributed by atoms with Gasteiger partial charge in [0.2, 0.25) is 0 Å². The predicted molar refractivity (Wildman–Crippen MR) is 132 cm³/mol. The van der Waals surface area contributed by atoms with Gasteiger partial charge in [0.25, 0.3) is 0 Å². The fourth-order valence-corrected chi connectivity index (χ4v) is 4.40. The molecule has 0 N–H and O–H groups in total. The molecule has 0 aliphatic heterocycles. The van der Waals surface area contributed by atoms with Gasteiger partial charge in [-0.1, -0.05) is 36.4 Å². The van der Waals surface area contributed by atoms with Gasteiger partial charge in [0, 0.05) is 45.0 Å². The van der Waals surface area contributed by atoms with Gasteiger partial charge < -0.3 is 4.57 Å². The Morgan fingerprint density at radius 2 is 1.50 bits per heavy atom. The van der Waals surface area contributed by atoms with Crippen LogP contribution in [0.25, 0.3) is 21.8 Å². The van der Waals surface area contributed by atoms with E-state index < -0.39 is 0 Å². The fraction of sp³-hybridized carbons (Fsp3) is 0.214. The molecule has 32 heavy (non-hydrogen) atoms. The summed E-state index contributed by atoms with van der Waals surface area (Å²) >= 11 is 0. The van der Waals surface area contributed by atoms with Gasteiger partial charge in [-0.05, 0) is 63.8 Å². The Hall–Kier alpha value is -3.50. The lowest BCUT2D eigenvalue weighted by molar-refractivity contribution is 0.0877.